The van der Waals surface area contributed by atoms with Crippen molar-refractivity contribution in [3.8, 4) is 5.88 Å². The lowest BCUT2D eigenvalue weighted by molar-refractivity contribution is 0.144. The molecule has 0 aromatic carbocycles. The predicted octanol–water partition coefficient (Wildman–Crippen LogP) is 2.26. The topological polar surface area (TPSA) is 56.3 Å². The Bertz CT molecular complexity index is 504. The zero-order valence-electron chi connectivity index (χ0n) is 8.37. The Kier molecular flexibility index (Phi) is 3.69. The standard InChI is InChI=1S/C8H8ClF2NO3S/c1-4-3-5(16(9,13)14)8(15-2)12-6(4)7(10)11/h3,7H,1-2H3. The van der Waals surface area contributed by atoms with Gasteiger partial charge in [-0.2, -0.15) is 0 Å². The fraction of sp³-hybridized carbons (Fsp3) is 0.375. The molecule has 8 heteroatoms. The van der Waals surface area contributed by atoms with Crippen molar-refractivity contribution in [3.63, 3.8) is 0 Å². The van der Waals surface area contributed by atoms with Crippen molar-refractivity contribution >= 4 is 19.7 Å². The van der Waals surface area contributed by atoms with Crippen molar-refractivity contribution in [2.45, 2.75) is 18.2 Å². The molecule has 0 fully saturated rings. The molecule has 0 amide bonds. The first kappa shape index (κ1) is 13.1. The number of hydrogen-bond acceptors (Lipinski definition) is 4. The number of pyridine rings is 1. The van der Waals surface area contributed by atoms with Gasteiger partial charge in [0, 0.05) is 10.7 Å². The molecule has 1 aromatic heterocycles. The van der Waals surface area contributed by atoms with E-state index in [1.54, 1.807) is 0 Å². The van der Waals surface area contributed by atoms with E-state index < -0.39 is 31.9 Å². The van der Waals surface area contributed by atoms with Gasteiger partial charge in [-0.3, -0.25) is 0 Å². The second-order valence-electron chi connectivity index (χ2n) is 2.94. The van der Waals surface area contributed by atoms with Crippen molar-refractivity contribution in [2.75, 3.05) is 7.11 Å². The van der Waals surface area contributed by atoms with Gasteiger partial charge in [-0.05, 0) is 18.6 Å². The SMILES string of the molecule is COc1nc(C(F)F)c(C)cc1S(=O)(=O)Cl. The van der Waals surface area contributed by atoms with Gasteiger partial charge in [-0.25, -0.2) is 22.2 Å². The van der Waals surface area contributed by atoms with E-state index in [9.17, 15) is 17.2 Å². The third kappa shape index (κ3) is 2.59. The molecule has 0 radical (unpaired) electrons. The van der Waals surface area contributed by atoms with Gasteiger partial charge in [-0.1, -0.05) is 0 Å². The fourth-order valence-corrected chi connectivity index (χ4v) is 2.11. The second kappa shape index (κ2) is 4.50. The van der Waals surface area contributed by atoms with Crippen molar-refractivity contribution in [2.24, 2.45) is 0 Å². The molecule has 0 saturated carbocycles. The maximum absolute atomic E-state index is 12.5. The normalized spacial score (nSPS) is 11.9. The van der Waals surface area contributed by atoms with Crippen molar-refractivity contribution in [1.29, 1.82) is 0 Å². The average molecular weight is 272 g/mol. The van der Waals surface area contributed by atoms with Crippen LogP contribution in [0.3, 0.4) is 0 Å². The van der Waals surface area contributed by atoms with Gasteiger partial charge < -0.3 is 4.74 Å². The third-order valence-corrected chi connectivity index (χ3v) is 3.16. The Morgan fingerprint density at radius 3 is 2.44 bits per heavy atom. The monoisotopic (exact) mass is 271 g/mol. The number of alkyl halides is 2. The summed E-state index contributed by atoms with van der Waals surface area (Å²) in [5.74, 6) is -0.434. The molecule has 0 atom stereocenters. The number of rotatable bonds is 3. The van der Waals surface area contributed by atoms with Crippen LogP contribution in [0.2, 0.25) is 0 Å². The minimum atomic E-state index is -4.07. The first-order valence-electron chi connectivity index (χ1n) is 4.05. The molecular weight excluding hydrogens is 264 g/mol. The molecule has 0 bridgehead atoms. The van der Waals surface area contributed by atoms with Gasteiger partial charge in [0.1, 0.15) is 10.6 Å². The van der Waals surface area contributed by atoms with Crippen LogP contribution < -0.4 is 4.74 Å². The van der Waals surface area contributed by atoms with Gasteiger partial charge in [0.05, 0.1) is 7.11 Å². The summed E-state index contributed by atoms with van der Waals surface area (Å²) in [5, 5.41) is 0. The fourth-order valence-electron chi connectivity index (χ4n) is 1.13. The average Bonchev–Trinajstić information content (AvgIpc) is 2.15. The molecule has 1 rings (SSSR count). The van der Waals surface area contributed by atoms with Gasteiger partial charge in [0.15, 0.2) is 0 Å². The Morgan fingerprint density at radius 2 is 2.06 bits per heavy atom. The summed E-state index contributed by atoms with van der Waals surface area (Å²) in [6.07, 6.45) is -2.80. The van der Waals surface area contributed by atoms with E-state index in [1.807, 2.05) is 0 Å². The highest BCUT2D eigenvalue weighted by Crippen LogP contribution is 2.30. The lowest BCUT2D eigenvalue weighted by atomic mass is 10.2. The Morgan fingerprint density at radius 1 is 1.50 bits per heavy atom. The molecule has 4 nitrogen and oxygen atoms in total. The van der Waals surface area contributed by atoms with E-state index in [-0.39, 0.29) is 5.56 Å². The number of halogens is 3. The predicted molar refractivity (Wildman–Crippen MR) is 53.5 cm³/mol. The van der Waals surface area contributed by atoms with Crippen LogP contribution in [0.25, 0.3) is 0 Å². The van der Waals surface area contributed by atoms with Crippen LogP contribution in [0.4, 0.5) is 8.78 Å². The summed E-state index contributed by atoms with van der Waals surface area (Å²) in [4.78, 5) is 3.00. The molecule has 1 heterocycles. The van der Waals surface area contributed by atoms with Gasteiger partial charge in [0.2, 0.25) is 5.88 Å². The molecular formula is C8H8ClF2NO3S. The zero-order valence-corrected chi connectivity index (χ0v) is 9.94. The van der Waals surface area contributed by atoms with Crippen LogP contribution in [0.5, 0.6) is 5.88 Å². The van der Waals surface area contributed by atoms with E-state index in [1.165, 1.54) is 6.92 Å². The minimum absolute atomic E-state index is 0.0371. The molecule has 0 unspecified atom stereocenters. The Balaban J connectivity index is 3.51. The largest absolute Gasteiger partial charge is 0.480 e. The summed E-state index contributed by atoms with van der Waals surface area (Å²) in [7, 11) is 2.16. The highest BCUT2D eigenvalue weighted by atomic mass is 35.7. The Labute approximate surface area is 95.6 Å². The molecule has 90 valence electrons. The van der Waals surface area contributed by atoms with Crippen LogP contribution >= 0.6 is 10.7 Å². The van der Waals surface area contributed by atoms with E-state index in [0.717, 1.165) is 13.2 Å². The van der Waals surface area contributed by atoms with Crippen molar-refractivity contribution in [3.05, 3.63) is 17.3 Å². The van der Waals surface area contributed by atoms with Crippen molar-refractivity contribution < 1.29 is 21.9 Å². The van der Waals surface area contributed by atoms with E-state index in [4.69, 9.17) is 10.7 Å². The lowest BCUT2D eigenvalue weighted by Crippen LogP contribution is -2.04. The summed E-state index contributed by atoms with van der Waals surface area (Å²) in [5.41, 5.74) is -0.490. The summed E-state index contributed by atoms with van der Waals surface area (Å²) < 4.78 is 51.8. The number of aryl methyl sites for hydroxylation is 1. The molecule has 0 aliphatic carbocycles. The van der Waals surface area contributed by atoms with E-state index >= 15 is 0 Å². The highest BCUT2D eigenvalue weighted by molar-refractivity contribution is 8.13. The molecule has 1 aromatic rings. The van der Waals surface area contributed by atoms with E-state index in [2.05, 4.69) is 9.72 Å². The lowest BCUT2D eigenvalue weighted by Gasteiger charge is -2.09. The number of hydrogen-bond donors (Lipinski definition) is 0. The Hall–Kier alpha value is -0.950. The smallest absolute Gasteiger partial charge is 0.280 e. The zero-order chi connectivity index (χ0) is 12.5. The number of aromatic nitrogens is 1. The molecule has 0 saturated heterocycles. The molecule has 16 heavy (non-hydrogen) atoms. The highest BCUT2D eigenvalue weighted by Gasteiger charge is 2.23. The first-order chi connectivity index (χ1) is 7.27. The van der Waals surface area contributed by atoms with E-state index in [0.29, 0.717) is 0 Å². The van der Waals surface area contributed by atoms with Crippen LogP contribution in [0, 0.1) is 6.92 Å². The van der Waals surface area contributed by atoms with Crippen LogP contribution in [-0.2, 0) is 9.05 Å². The summed E-state index contributed by atoms with van der Waals surface area (Å²) in [6, 6.07) is 1.01. The molecule has 0 N–H and O–H groups in total. The third-order valence-electron chi connectivity index (χ3n) is 1.85. The quantitative estimate of drug-likeness (QED) is 0.792. The molecule has 0 aliphatic heterocycles. The maximum Gasteiger partial charge on any atom is 0.280 e. The van der Waals surface area contributed by atoms with Gasteiger partial charge in [0.25, 0.3) is 15.5 Å². The second-order valence-corrected chi connectivity index (χ2v) is 5.47. The van der Waals surface area contributed by atoms with Crippen LogP contribution in [0.1, 0.15) is 17.7 Å². The number of ether oxygens (including phenoxy) is 1. The molecule has 0 aliphatic rings. The number of nitrogens with zero attached hydrogens (tertiary/aromatic N) is 1. The minimum Gasteiger partial charge on any atom is -0.480 e. The van der Waals surface area contributed by atoms with Crippen molar-refractivity contribution in [1.82, 2.24) is 4.98 Å². The van der Waals surface area contributed by atoms with Gasteiger partial charge in [-0.15, -0.1) is 0 Å². The summed E-state index contributed by atoms with van der Waals surface area (Å²) in [6.45, 7) is 1.32. The van der Waals surface area contributed by atoms with Gasteiger partial charge >= 0.3 is 0 Å². The summed E-state index contributed by atoms with van der Waals surface area (Å²) >= 11 is 0. The molecule has 0 spiro atoms. The maximum atomic E-state index is 12.5. The first-order valence-corrected chi connectivity index (χ1v) is 6.36. The van der Waals surface area contributed by atoms with Crippen LogP contribution in [0.15, 0.2) is 11.0 Å². The van der Waals surface area contributed by atoms with Crippen LogP contribution in [-0.4, -0.2) is 20.5 Å². The number of methoxy groups -OCH3 is 1.